The number of nitrogens with zero attached hydrogens (tertiary/aromatic N) is 1. The molecule has 7 nitrogen and oxygen atoms in total. The standard InChI is InChI=1S/C29H38N4O3/c1-27(2,3)36-26(35)33-28(4,18-21-19-31-23-13-7-6-12-22(21)23)25(34)32-20-29(15-9-5-10-16-29)24-14-8-11-17-30-24/h6-8,11-14,17,19,31H,5,9-10,15-16,18,20H2,1-4H3,(H,32,34)(H,33,35)/t28-/m0/s1. The molecule has 36 heavy (non-hydrogen) atoms. The van der Waals surface area contributed by atoms with Crippen LogP contribution in [-0.2, 0) is 21.4 Å². The highest BCUT2D eigenvalue weighted by Crippen LogP contribution is 2.38. The molecule has 0 aliphatic heterocycles. The molecule has 0 saturated heterocycles. The summed E-state index contributed by atoms with van der Waals surface area (Å²) in [5, 5.41) is 7.12. The second-order valence-electron chi connectivity index (χ2n) is 11.2. The Morgan fingerprint density at radius 1 is 1.03 bits per heavy atom. The molecule has 4 rings (SSSR count). The average molecular weight is 491 g/mol. The number of carbonyl (C=O) groups excluding carboxylic acids is 2. The van der Waals surface area contributed by atoms with Gasteiger partial charge >= 0.3 is 6.09 Å². The molecular formula is C29H38N4O3. The highest BCUT2D eigenvalue weighted by molar-refractivity contribution is 5.91. The van der Waals surface area contributed by atoms with Gasteiger partial charge in [-0.15, -0.1) is 0 Å². The van der Waals surface area contributed by atoms with Gasteiger partial charge in [-0.2, -0.15) is 0 Å². The molecule has 3 aromatic rings. The van der Waals surface area contributed by atoms with Crippen molar-refractivity contribution in [3.05, 3.63) is 66.1 Å². The first kappa shape index (κ1) is 25.7. The smallest absolute Gasteiger partial charge is 0.408 e. The van der Waals surface area contributed by atoms with Gasteiger partial charge in [-0.25, -0.2) is 4.79 Å². The zero-order chi connectivity index (χ0) is 25.8. The maximum Gasteiger partial charge on any atom is 0.408 e. The van der Waals surface area contributed by atoms with Crippen LogP contribution in [0.25, 0.3) is 10.9 Å². The predicted octanol–water partition coefficient (Wildman–Crippen LogP) is 5.41. The molecule has 2 heterocycles. The van der Waals surface area contributed by atoms with Gasteiger partial charge in [0.15, 0.2) is 0 Å². The maximum atomic E-state index is 13.8. The van der Waals surface area contributed by atoms with Gasteiger partial charge in [0.1, 0.15) is 11.1 Å². The molecule has 1 saturated carbocycles. The Morgan fingerprint density at radius 3 is 2.44 bits per heavy atom. The molecule has 1 atom stereocenters. The van der Waals surface area contributed by atoms with E-state index >= 15 is 0 Å². The van der Waals surface area contributed by atoms with E-state index in [1.165, 1.54) is 6.42 Å². The van der Waals surface area contributed by atoms with E-state index in [2.05, 4.69) is 26.7 Å². The normalized spacial score (nSPS) is 17.2. The van der Waals surface area contributed by atoms with Crippen molar-refractivity contribution < 1.29 is 14.3 Å². The van der Waals surface area contributed by atoms with Crippen LogP contribution in [-0.4, -0.2) is 39.7 Å². The fourth-order valence-corrected chi connectivity index (χ4v) is 5.24. The average Bonchev–Trinajstić information content (AvgIpc) is 3.25. The molecule has 3 N–H and O–H groups in total. The Bertz CT molecular complexity index is 1190. The van der Waals surface area contributed by atoms with Crippen molar-refractivity contribution >= 4 is 22.9 Å². The van der Waals surface area contributed by atoms with Crippen LogP contribution in [0.3, 0.4) is 0 Å². The number of carbonyl (C=O) groups is 2. The highest BCUT2D eigenvalue weighted by Gasteiger charge is 2.40. The van der Waals surface area contributed by atoms with E-state index in [1.54, 1.807) is 6.92 Å². The SMILES string of the molecule is CC(C)(C)OC(=O)N[C@@](C)(Cc1c[nH]c2ccccc12)C(=O)NCC1(c2ccccn2)CCCCC1. The summed E-state index contributed by atoms with van der Waals surface area (Å²) in [4.78, 5) is 34.6. The maximum absolute atomic E-state index is 13.8. The van der Waals surface area contributed by atoms with E-state index in [9.17, 15) is 9.59 Å². The monoisotopic (exact) mass is 490 g/mol. The summed E-state index contributed by atoms with van der Waals surface area (Å²) in [6.45, 7) is 7.67. The molecule has 2 amide bonds. The van der Waals surface area contributed by atoms with Gasteiger partial charge in [-0.05, 0) is 64.3 Å². The third kappa shape index (κ3) is 5.89. The third-order valence-corrected chi connectivity index (χ3v) is 7.10. The highest BCUT2D eigenvalue weighted by atomic mass is 16.6. The molecule has 1 aliphatic carbocycles. The molecule has 0 bridgehead atoms. The fourth-order valence-electron chi connectivity index (χ4n) is 5.24. The number of alkyl carbamates (subject to hydrolysis) is 1. The largest absolute Gasteiger partial charge is 0.444 e. The lowest BCUT2D eigenvalue weighted by Crippen LogP contribution is -2.60. The molecule has 192 valence electrons. The van der Waals surface area contributed by atoms with Gasteiger partial charge in [0.25, 0.3) is 0 Å². The van der Waals surface area contributed by atoms with Crippen molar-refractivity contribution in [1.29, 1.82) is 0 Å². The number of ether oxygens (including phenoxy) is 1. The molecule has 2 aromatic heterocycles. The van der Waals surface area contributed by atoms with Crippen molar-refractivity contribution in [2.75, 3.05) is 6.54 Å². The lowest BCUT2D eigenvalue weighted by molar-refractivity contribution is -0.127. The van der Waals surface area contributed by atoms with Crippen molar-refractivity contribution in [2.45, 2.75) is 82.8 Å². The first-order chi connectivity index (χ1) is 17.1. The number of para-hydroxylation sites is 1. The number of rotatable bonds is 7. The lowest BCUT2D eigenvalue weighted by atomic mass is 9.71. The molecule has 1 aliphatic rings. The van der Waals surface area contributed by atoms with Crippen LogP contribution in [0, 0.1) is 0 Å². The van der Waals surface area contributed by atoms with Gasteiger partial charge in [0.2, 0.25) is 5.91 Å². The Kier molecular flexibility index (Phi) is 7.38. The summed E-state index contributed by atoms with van der Waals surface area (Å²) < 4.78 is 5.53. The summed E-state index contributed by atoms with van der Waals surface area (Å²) in [6.07, 6.45) is 8.79. The Hall–Kier alpha value is -3.35. The summed E-state index contributed by atoms with van der Waals surface area (Å²) in [5.41, 5.74) is 0.868. The minimum absolute atomic E-state index is 0.206. The van der Waals surface area contributed by atoms with Crippen molar-refractivity contribution in [3.8, 4) is 0 Å². The number of benzene rings is 1. The van der Waals surface area contributed by atoms with Gasteiger partial charge in [0, 0.05) is 47.4 Å². The van der Waals surface area contributed by atoms with Crippen LogP contribution >= 0.6 is 0 Å². The molecule has 1 fully saturated rings. The Morgan fingerprint density at radius 2 is 1.75 bits per heavy atom. The van der Waals surface area contributed by atoms with Crippen molar-refractivity contribution in [2.24, 2.45) is 0 Å². The second kappa shape index (κ2) is 10.3. The van der Waals surface area contributed by atoms with Gasteiger partial charge in [-0.1, -0.05) is 43.5 Å². The van der Waals surface area contributed by atoms with Crippen LogP contribution in [0.4, 0.5) is 4.79 Å². The zero-order valence-electron chi connectivity index (χ0n) is 21.8. The van der Waals surface area contributed by atoms with Gasteiger partial charge in [-0.3, -0.25) is 9.78 Å². The van der Waals surface area contributed by atoms with E-state index in [0.29, 0.717) is 13.0 Å². The number of amides is 2. The third-order valence-electron chi connectivity index (χ3n) is 7.10. The van der Waals surface area contributed by atoms with Crippen molar-refractivity contribution in [1.82, 2.24) is 20.6 Å². The molecule has 7 heteroatoms. The minimum atomic E-state index is -1.22. The van der Waals surface area contributed by atoms with Crippen LogP contribution < -0.4 is 10.6 Å². The number of pyridine rings is 1. The number of nitrogens with one attached hydrogen (secondary N) is 3. The molecule has 0 radical (unpaired) electrons. The molecular weight excluding hydrogens is 452 g/mol. The zero-order valence-corrected chi connectivity index (χ0v) is 21.8. The Labute approximate surface area is 213 Å². The Balaban J connectivity index is 1.59. The summed E-state index contributed by atoms with van der Waals surface area (Å²) >= 11 is 0. The first-order valence-corrected chi connectivity index (χ1v) is 12.9. The molecule has 0 spiro atoms. The fraction of sp³-hybridized carbons (Fsp3) is 0.483. The van der Waals surface area contributed by atoms with Crippen molar-refractivity contribution in [3.63, 3.8) is 0 Å². The topological polar surface area (TPSA) is 96.1 Å². The second-order valence-corrected chi connectivity index (χ2v) is 11.2. The van der Waals surface area contributed by atoms with Gasteiger partial charge in [0.05, 0.1) is 0 Å². The quantitative estimate of drug-likeness (QED) is 0.413. The van der Waals surface area contributed by atoms with Crippen LogP contribution in [0.2, 0.25) is 0 Å². The van der Waals surface area contributed by atoms with E-state index in [-0.39, 0.29) is 11.3 Å². The van der Waals surface area contributed by atoms with Crippen LogP contribution in [0.15, 0.2) is 54.9 Å². The van der Waals surface area contributed by atoms with Crippen LogP contribution in [0.5, 0.6) is 0 Å². The van der Waals surface area contributed by atoms with Gasteiger partial charge < -0.3 is 20.4 Å². The molecule has 0 unspecified atom stereocenters. The molecule has 1 aromatic carbocycles. The lowest BCUT2D eigenvalue weighted by Gasteiger charge is -2.38. The number of H-pyrrole nitrogens is 1. The van der Waals surface area contributed by atoms with Crippen LogP contribution in [0.1, 0.15) is 71.1 Å². The number of hydrogen-bond donors (Lipinski definition) is 3. The van der Waals surface area contributed by atoms with E-state index in [0.717, 1.165) is 47.8 Å². The van der Waals surface area contributed by atoms with E-state index < -0.39 is 17.2 Å². The number of aromatic nitrogens is 2. The summed E-state index contributed by atoms with van der Waals surface area (Å²) in [6, 6.07) is 13.9. The number of fused-ring (bicyclic) bond motifs is 1. The summed E-state index contributed by atoms with van der Waals surface area (Å²) in [7, 11) is 0. The number of hydrogen-bond acceptors (Lipinski definition) is 4. The first-order valence-electron chi connectivity index (χ1n) is 12.9. The summed E-state index contributed by atoms with van der Waals surface area (Å²) in [5.74, 6) is -0.237. The minimum Gasteiger partial charge on any atom is -0.444 e. The van der Waals surface area contributed by atoms with E-state index in [1.807, 2.05) is 69.6 Å². The van der Waals surface area contributed by atoms with E-state index in [4.69, 9.17) is 4.74 Å². The predicted molar refractivity (Wildman–Crippen MR) is 142 cm³/mol. The number of aromatic amines is 1.